The molecular weight excluding hydrogens is 325 g/mol. The fraction of sp³-hybridized carbons (Fsp3) is 0.200. The molecule has 0 aliphatic heterocycles. The summed E-state index contributed by atoms with van der Waals surface area (Å²) in [5.74, 6) is 0.691. The van der Waals surface area contributed by atoms with Crippen molar-refractivity contribution in [2.75, 3.05) is 5.73 Å². The van der Waals surface area contributed by atoms with Crippen LogP contribution in [0.15, 0.2) is 40.9 Å². The molecule has 2 rings (SSSR count). The number of nitrogen functional groups attached to an aromatic ring is 1. The predicted octanol–water partition coefficient (Wildman–Crippen LogP) is 4.75. The van der Waals surface area contributed by atoms with Crippen LogP contribution in [-0.4, -0.2) is 6.10 Å². The second-order valence-corrected chi connectivity index (χ2v) is 5.46. The molecule has 0 saturated heterocycles. The van der Waals surface area contributed by atoms with Crippen molar-refractivity contribution < 1.29 is 13.9 Å². The van der Waals surface area contributed by atoms with Crippen LogP contribution < -0.4 is 15.2 Å². The highest BCUT2D eigenvalue weighted by molar-refractivity contribution is 9.10. The molecule has 0 spiro atoms. The van der Waals surface area contributed by atoms with Crippen LogP contribution in [0.3, 0.4) is 0 Å². The molecule has 0 bridgehead atoms. The zero-order chi connectivity index (χ0) is 14.7. The Kier molecular flexibility index (Phi) is 4.49. The molecule has 0 heterocycles. The van der Waals surface area contributed by atoms with Gasteiger partial charge in [-0.15, -0.1) is 0 Å². The van der Waals surface area contributed by atoms with Crippen molar-refractivity contribution in [3.8, 4) is 17.2 Å². The number of rotatable bonds is 4. The van der Waals surface area contributed by atoms with Gasteiger partial charge in [-0.2, -0.15) is 0 Å². The standard InChI is InChI=1S/C15H15BrFNO2/c1-9(2)19-15-8-11(4-6-13(15)18)20-14-7-10(16)3-5-12(14)17/h3-9H,18H2,1-2H3. The van der Waals surface area contributed by atoms with Crippen molar-refractivity contribution in [2.24, 2.45) is 0 Å². The van der Waals surface area contributed by atoms with E-state index in [0.29, 0.717) is 17.2 Å². The summed E-state index contributed by atoms with van der Waals surface area (Å²) < 4.78 is 25.5. The van der Waals surface area contributed by atoms with Crippen LogP contribution in [0.1, 0.15) is 13.8 Å². The van der Waals surface area contributed by atoms with Crippen LogP contribution in [0, 0.1) is 5.82 Å². The quantitative estimate of drug-likeness (QED) is 0.817. The minimum absolute atomic E-state index is 0.00449. The fourth-order valence-corrected chi connectivity index (χ4v) is 1.96. The maximum Gasteiger partial charge on any atom is 0.165 e. The molecule has 0 aliphatic rings. The van der Waals surface area contributed by atoms with Crippen LogP contribution in [0.4, 0.5) is 10.1 Å². The third kappa shape index (κ3) is 3.63. The van der Waals surface area contributed by atoms with Crippen LogP contribution in [0.5, 0.6) is 17.2 Å². The van der Waals surface area contributed by atoms with Gasteiger partial charge in [0.05, 0.1) is 11.8 Å². The maximum absolute atomic E-state index is 13.6. The molecule has 5 heteroatoms. The van der Waals surface area contributed by atoms with E-state index in [1.54, 1.807) is 30.3 Å². The monoisotopic (exact) mass is 339 g/mol. The van der Waals surface area contributed by atoms with Crippen molar-refractivity contribution in [1.82, 2.24) is 0 Å². The number of halogens is 2. The van der Waals surface area contributed by atoms with Crippen LogP contribution >= 0.6 is 15.9 Å². The zero-order valence-corrected chi connectivity index (χ0v) is 12.8. The van der Waals surface area contributed by atoms with Gasteiger partial charge in [0, 0.05) is 10.5 Å². The van der Waals surface area contributed by atoms with Gasteiger partial charge in [0.25, 0.3) is 0 Å². The molecule has 0 amide bonds. The topological polar surface area (TPSA) is 44.5 Å². The lowest BCUT2D eigenvalue weighted by Gasteiger charge is -2.14. The van der Waals surface area contributed by atoms with Gasteiger partial charge in [-0.05, 0) is 44.2 Å². The lowest BCUT2D eigenvalue weighted by Crippen LogP contribution is -2.07. The lowest BCUT2D eigenvalue weighted by atomic mass is 10.2. The van der Waals surface area contributed by atoms with Crippen LogP contribution in [-0.2, 0) is 0 Å². The first-order valence-corrected chi connectivity index (χ1v) is 6.94. The largest absolute Gasteiger partial charge is 0.489 e. The molecule has 0 radical (unpaired) electrons. The number of benzene rings is 2. The van der Waals surface area contributed by atoms with Gasteiger partial charge in [0.2, 0.25) is 0 Å². The van der Waals surface area contributed by atoms with Gasteiger partial charge in [-0.3, -0.25) is 0 Å². The van der Waals surface area contributed by atoms with E-state index < -0.39 is 5.82 Å². The van der Waals surface area contributed by atoms with Gasteiger partial charge in [-0.1, -0.05) is 15.9 Å². The molecule has 0 unspecified atom stereocenters. The van der Waals surface area contributed by atoms with E-state index in [-0.39, 0.29) is 11.9 Å². The van der Waals surface area contributed by atoms with Crippen molar-refractivity contribution in [3.05, 3.63) is 46.7 Å². The van der Waals surface area contributed by atoms with Crippen molar-refractivity contribution >= 4 is 21.6 Å². The average Bonchev–Trinajstić information content (AvgIpc) is 2.37. The molecule has 3 nitrogen and oxygen atoms in total. The molecule has 0 aromatic heterocycles. The smallest absolute Gasteiger partial charge is 0.165 e. The molecule has 2 aromatic carbocycles. The van der Waals surface area contributed by atoms with Crippen molar-refractivity contribution in [2.45, 2.75) is 20.0 Å². The third-order valence-electron chi connectivity index (χ3n) is 2.47. The normalized spacial score (nSPS) is 10.7. The summed E-state index contributed by atoms with van der Waals surface area (Å²) >= 11 is 3.28. The minimum Gasteiger partial charge on any atom is -0.489 e. The Morgan fingerprint density at radius 2 is 1.85 bits per heavy atom. The van der Waals surface area contributed by atoms with E-state index >= 15 is 0 Å². The lowest BCUT2D eigenvalue weighted by molar-refractivity contribution is 0.243. The van der Waals surface area contributed by atoms with E-state index in [1.807, 2.05) is 13.8 Å². The highest BCUT2D eigenvalue weighted by atomic mass is 79.9. The average molecular weight is 340 g/mol. The maximum atomic E-state index is 13.6. The van der Waals surface area contributed by atoms with Gasteiger partial charge >= 0.3 is 0 Å². The molecular formula is C15H15BrFNO2. The second kappa shape index (κ2) is 6.13. The number of nitrogens with two attached hydrogens (primary N) is 1. The number of hydrogen-bond donors (Lipinski definition) is 1. The highest BCUT2D eigenvalue weighted by Crippen LogP contribution is 2.32. The Morgan fingerprint density at radius 1 is 1.10 bits per heavy atom. The predicted molar refractivity (Wildman–Crippen MR) is 80.8 cm³/mol. The highest BCUT2D eigenvalue weighted by Gasteiger charge is 2.09. The summed E-state index contributed by atoms with van der Waals surface area (Å²) in [6.45, 7) is 3.81. The molecule has 2 aromatic rings. The first-order chi connectivity index (χ1) is 9.45. The van der Waals surface area contributed by atoms with E-state index in [9.17, 15) is 4.39 Å². The van der Waals surface area contributed by atoms with Crippen LogP contribution in [0.2, 0.25) is 0 Å². The zero-order valence-electron chi connectivity index (χ0n) is 11.2. The summed E-state index contributed by atoms with van der Waals surface area (Å²) in [6, 6.07) is 9.50. The van der Waals surface area contributed by atoms with Crippen molar-refractivity contribution in [3.63, 3.8) is 0 Å². The van der Waals surface area contributed by atoms with E-state index in [2.05, 4.69) is 15.9 Å². The third-order valence-corrected chi connectivity index (χ3v) is 2.96. The Morgan fingerprint density at radius 3 is 2.55 bits per heavy atom. The molecule has 106 valence electrons. The van der Waals surface area contributed by atoms with Crippen LogP contribution in [0.25, 0.3) is 0 Å². The van der Waals surface area contributed by atoms with Crippen molar-refractivity contribution in [1.29, 1.82) is 0 Å². The van der Waals surface area contributed by atoms with Gasteiger partial charge in [0.15, 0.2) is 11.6 Å². The summed E-state index contributed by atoms with van der Waals surface area (Å²) in [4.78, 5) is 0. The van der Waals surface area contributed by atoms with Gasteiger partial charge in [-0.25, -0.2) is 4.39 Å². The van der Waals surface area contributed by atoms with Gasteiger partial charge < -0.3 is 15.2 Å². The van der Waals surface area contributed by atoms with E-state index in [1.165, 1.54) is 6.07 Å². The first kappa shape index (κ1) is 14.7. The Hall–Kier alpha value is -1.75. The SMILES string of the molecule is CC(C)Oc1cc(Oc2cc(Br)ccc2F)ccc1N. The second-order valence-electron chi connectivity index (χ2n) is 4.54. The number of anilines is 1. The Bertz CT molecular complexity index is 617. The Labute approximate surface area is 125 Å². The number of ether oxygens (including phenoxy) is 2. The fourth-order valence-electron chi connectivity index (χ4n) is 1.62. The molecule has 0 saturated carbocycles. The summed E-state index contributed by atoms with van der Waals surface area (Å²) in [6.07, 6.45) is -0.00449. The summed E-state index contributed by atoms with van der Waals surface area (Å²) in [7, 11) is 0. The molecule has 0 fully saturated rings. The molecule has 20 heavy (non-hydrogen) atoms. The molecule has 2 N–H and O–H groups in total. The van der Waals surface area contributed by atoms with E-state index in [4.69, 9.17) is 15.2 Å². The molecule has 0 atom stereocenters. The summed E-state index contributed by atoms with van der Waals surface area (Å²) in [5.41, 5.74) is 6.34. The Balaban J connectivity index is 2.27. The van der Waals surface area contributed by atoms with Gasteiger partial charge in [0.1, 0.15) is 11.5 Å². The number of hydrogen-bond acceptors (Lipinski definition) is 3. The van der Waals surface area contributed by atoms with E-state index in [0.717, 1.165) is 4.47 Å². The first-order valence-electron chi connectivity index (χ1n) is 6.15. The molecule has 0 aliphatic carbocycles. The minimum atomic E-state index is -0.434. The summed E-state index contributed by atoms with van der Waals surface area (Å²) in [5, 5.41) is 0.